The smallest absolute Gasteiger partial charge is 0.480 e. The topological polar surface area (TPSA) is 89.9 Å². The SMILES string of the molecule is CCOC(=O)OC(=O)[C@](C)(CSC(C)(C)C)C(=O)O. The molecule has 0 radical (unpaired) electrons. The second-order valence-electron chi connectivity index (χ2n) is 5.11. The molecule has 0 bridgehead atoms. The lowest BCUT2D eigenvalue weighted by molar-refractivity contribution is -0.162. The van der Waals surface area contributed by atoms with E-state index in [1.165, 1.54) is 18.7 Å². The molecule has 0 aliphatic heterocycles. The van der Waals surface area contributed by atoms with Crippen molar-refractivity contribution in [1.29, 1.82) is 0 Å². The van der Waals surface area contributed by atoms with Crippen molar-refractivity contribution in [3.8, 4) is 0 Å². The van der Waals surface area contributed by atoms with Gasteiger partial charge in [-0.1, -0.05) is 20.8 Å². The number of ether oxygens (including phenoxy) is 2. The summed E-state index contributed by atoms with van der Waals surface area (Å²) in [7, 11) is 0. The molecule has 6 nitrogen and oxygen atoms in total. The van der Waals surface area contributed by atoms with Crippen LogP contribution in [0.25, 0.3) is 0 Å². The largest absolute Gasteiger partial charge is 0.516 e. The molecule has 0 rings (SSSR count). The van der Waals surface area contributed by atoms with Gasteiger partial charge in [0.25, 0.3) is 0 Å². The molecule has 0 aromatic heterocycles. The van der Waals surface area contributed by atoms with E-state index in [0.29, 0.717) is 0 Å². The zero-order valence-electron chi connectivity index (χ0n) is 11.8. The Kier molecular flexibility index (Phi) is 6.35. The number of thioether (sulfide) groups is 1. The molecule has 0 amide bonds. The van der Waals surface area contributed by atoms with Gasteiger partial charge in [-0.2, -0.15) is 11.8 Å². The van der Waals surface area contributed by atoms with Crippen LogP contribution >= 0.6 is 11.8 Å². The van der Waals surface area contributed by atoms with Crippen molar-refractivity contribution in [2.24, 2.45) is 5.41 Å². The minimum atomic E-state index is -1.79. The third-order valence-electron chi connectivity index (χ3n) is 2.15. The molecule has 110 valence electrons. The van der Waals surface area contributed by atoms with Gasteiger partial charge in [0.15, 0.2) is 5.41 Å². The summed E-state index contributed by atoms with van der Waals surface area (Å²) in [6.45, 7) is 8.53. The number of esters is 1. The number of rotatable bonds is 5. The van der Waals surface area contributed by atoms with Crippen LogP contribution in [-0.2, 0) is 19.1 Å². The summed E-state index contributed by atoms with van der Waals surface area (Å²) in [5, 5.41) is 9.18. The second kappa shape index (κ2) is 6.79. The maximum Gasteiger partial charge on any atom is 0.516 e. The molecular formula is C12H20O6S. The van der Waals surface area contributed by atoms with Crippen LogP contribution in [0.1, 0.15) is 34.6 Å². The normalized spacial score (nSPS) is 14.4. The van der Waals surface area contributed by atoms with Crippen LogP contribution < -0.4 is 0 Å². The fourth-order valence-electron chi connectivity index (χ4n) is 0.904. The number of carbonyl (C=O) groups excluding carboxylic acids is 2. The molecule has 0 aliphatic rings. The van der Waals surface area contributed by atoms with Gasteiger partial charge in [-0.3, -0.25) is 9.59 Å². The molecule has 1 N–H and O–H groups in total. The number of carboxylic acids is 1. The highest BCUT2D eigenvalue weighted by Gasteiger charge is 2.45. The Balaban J connectivity index is 4.83. The first-order valence-corrected chi connectivity index (χ1v) is 6.78. The minimum absolute atomic E-state index is 0.00404. The van der Waals surface area contributed by atoms with Gasteiger partial charge in [0.05, 0.1) is 6.61 Å². The van der Waals surface area contributed by atoms with Crippen molar-refractivity contribution in [3.05, 3.63) is 0 Å². The first kappa shape index (κ1) is 17.8. The van der Waals surface area contributed by atoms with E-state index in [9.17, 15) is 19.5 Å². The molecule has 0 aromatic rings. The average molecular weight is 292 g/mol. The fraction of sp³-hybridized carbons (Fsp3) is 0.750. The Labute approximate surface area is 116 Å². The summed E-state index contributed by atoms with van der Waals surface area (Å²) in [6.07, 6.45) is -1.18. The van der Waals surface area contributed by atoms with Crippen LogP contribution in [0, 0.1) is 5.41 Å². The van der Waals surface area contributed by atoms with Crippen molar-refractivity contribution in [1.82, 2.24) is 0 Å². The van der Waals surface area contributed by atoms with Gasteiger partial charge in [0.1, 0.15) is 0 Å². The first-order chi connectivity index (χ1) is 8.53. The highest BCUT2D eigenvalue weighted by atomic mass is 32.2. The molecule has 19 heavy (non-hydrogen) atoms. The number of aliphatic carboxylic acids is 1. The van der Waals surface area contributed by atoms with Crippen molar-refractivity contribution in [2.75, 3.05) is 12.4 Å². The van der Waals surface area contributed by atoms with E-state index in [4.69, 9.17) is 0 Å². The lowest BCUT2D eigenvalue weighted by Gasteiger charge is -2.26. The van der Waals surface area contributed by atoms with Crippen molar-refractivity contribution in [2.45, 2.75) is 39.4 Å². The number of hydrogen-bond donors (Lipinski definition) is 1. The highest BCUT2D eigenvalue weighted by Crippen LogP contribution is 2.32. The molecule has 0 unspecified atom stereocenters. The van der Waals surface area contributed by atoms with Gasteiger partial charge >= 0.3 is 18.1 Å². The van der Waals surface area contributed by atoms with Gasteiger partial charge in [0.2, 0.25) is 0 Å². The van der Waals surface area contributed by atoms with E-state index in [-0.39, 0.29) is 17.1 Å². The molecular weight excluding hydrogens is 272 g/mol. The molecule has 0 aromatic carbocycles. The van der Waals surface area contributed by atoms with Crippen LogP contribution in [-0.4, -0.2) is 40.3 Å². The van der Waals surface area contributed by atoms with Gasteiger partial charge in [-0.05, 0) is 13.8 Å². The Hall–Kier alpha value is -1.24. The third-order valence-corrected chi connectivity index (χ3v) is 3.74. The average Bonchev–Trinajstić information content (AvgIpc) is 2.24. The fourth-order valence-corrected chi connectivity index (χ4v) is 1.87. The minimum Gasteiger partial charge on any atom is -0.480 e. The Bertz CT molecular complexity index is 360. The van der Waals surface area contributed by atoms with Crippen molar-refractivity contribution in [3.63, 3.8) is 0 Å². The number of carboxylic acid groups (broad SMARTS) is 1. The molecule has 7 heteroatoms. The summed E-state index contributed by atoms with van der Waals surface area (Å²) in [4.78, 5) is 34.1. The molecule has 1 atom stereocenters. The summed E-state index contributed by atoms with van der Waals surface area (Å²) < 4.78 is 8.63. The Morgan fingerprint density at radius 2 is 1.68 bits per heavy atom. The highest BCUT2D eigenvalue weighted by molar-refractivity contribution is 8.00. The van der Waals surface area contributed by atoms with Crippen molar-refractivity contribution < 1.29 is 29.0 Å². The monoisotopic (exact) mass is 292 g/mol. The zero-order chi connectivity index (χ0) is 15.3. The van der Waals surface area contributed by atoms with Gasteiger partial charge in [-0.25, -0.2) is 4.79 Å². The number of hydrogen-bond acceptors (Lipinski definition) is 6. The van der Waals surface area contributed by atoms with Crippen molar-refractivity contribution >= 4 is 29.9 Å². The number of carbonyl (C=O) groups is 3. The summed E-state index contributed by atoms with van der Waals surface area (Å²) in [6, 6.07) is 0. The summed E-state index contributed by atoms with van der Waals surface area (Å²) in [5.41, 5.74) is -1.79. The van der Waals surface area contributed by atoms with E-state index in [1.54, 1.807) is 6.92 Å². The maximum absolute atomic E-state index is 11.8. The second-order valence-corrected chi connectivity index (χ2v) is 6.91. The standard InChI is InChI=1S/C12H20O6S/c1-6-17-10(16)18-9(15)12(5,8(13)14)7-19-11(2,3)4/h6-7H2,1-5H3,(H,13,14)/t12-/m1/s1. The predicted octanol–water partition coefficient (Wildman–Crippen LogP) is 2.31. The van der Waals surface area contributed by atoms with E-state index in [1.807, 2.05) is 20.8 Å². The van der Waals surface area contributed by atoms with Gasteiger partial charge in [-0.15, -0.1) is 0 Å². The quantitative estimate of drug-likeness (QED) is 0.614. The predicted molar refractivity (Wildman–Crippen MR) is 71.1 cm³/mol. The Morgan fingerprint density at radius 3 is 2.05 bits per heavy atom. The maximum atomic E-state index is 11.8. The van der Waals surface area contributed by atoms with Crippen LogP contribution in [0.2, 0.25) is 0 Å². The molecule has 0 spiro atoms. The third kappa shape index (κ3) is 5.96. The van der Waals surface area contributed by atoms with E-state index >= 15 is 0 Å². The van der Waals surface area contributed by atoms with Crippen LogP contribution in [0.5, 0.6) is 0 Å². The lowest BCUT2D eigenvalue weighted by atomic mass is 9.94. The lowest BCUT2D eigenvalue weighted by Crippen LogP contribution is -2.42. The van der Waals surface area contributed by atoms with Crippen LogP contribution in [0.3, 0.4) is 0 Å². The van der Waals surface area contributed by atoms with E-state index < -0.39 is 23.5 Å². The molecule has 0 heterocycles. The van der Waals surface area contributed by atoms with E-state index in [2.05, 4.69) is 9.47 Å². The van der Waals surface area contributed by atoms with E-state index in [0.717, 1.165) is 0 Å². The van der Waals surface area contributed by atoms with Gasteiger partial charge in [0, 0.05) is 10.5 Å². The zero-order valence-corrected chi connectivity index (χ0v) is 12.6. The molecule has 0 saturated carbocycles. The van der Waals surface area contributed by atoms with Crippen LogP contribution in [0.15, 0.2) is 0 Å². The van der Waals surface area contributed by atoms with Gasteiger partial charge < -0.3 is 14.6 Å². The first-order valence-electron chi connectivity index (χ1n) is 5.79. The Morgan fingerprint density at radius 1 is 1.16 bits per heavy atom. The summed E-state index contributed by atoms with van der Waals surface area (Å²) >= 11 is 1.30. The van der Waals surface area contributed by atoms with Crippen LogP contribution in [0.4, 0.5) is 4.79 Å². The molecule has 0 saturated heterocycles. The molecule has 0 fully saturated rings. The molecule has 0 aliphatic carbocycles. The summed E-state index contributed by atoms with van der Waals surface area (Å²) in [5.74, 6) is -2.45.